The highest BCUT2D eigenvalue weighted by atomic mass is 16.4. The van der Waals surface area contributed by atoms with Crippen LogP contribution in [0.1, 0.15) is 6.42 Å². The second-order valence-electron chi connectivity index (χ2n) is 3.35. The van der Waals surface area contributed by atoms with Gasteiger partial charge in [-0.1, -0.05) is 5.11 Å². The van der Waals surface area contributed by atoms with Crippen molar-refractivity contribution < 1.29 is 30.3 Å². The van der Waals surface area contributed by atoms with E-state index in [1.54, 1.807) is 0 Å². The van der Waals surface area contributed by atoms with Crippen LogP contribution in [0.3, 0.4) is 0 Å². The smallest absolute Gasteiger partial charge is 0.164 e. The maximum absolute atomic E-state index is 11.2. The molecular formula is C8H15N3O6. The molecule has 0 spiro atoms. The van der Waals surface area contributed by atoms with Crippen LogP contribution >= 0.6 is 0 Å². The van der Waals surface area contributed by atoms with Gasteiger partial charge in [0.15, 0.2) is 5.78 Å². The number of azide groups is 1. The number of hydrogen-bond donors (Lipinski definition) is 5. The van der Waals surface area contributed by atoms with Crippen molar-refractivity contribution in [3.05, 3.63) is 10.4 Å². The Labute approximate surface area is 96.6 Å². The Morgan fingerprint density at radius 1 is 1.24 bits per heavy atom. The molecule has 0 aromatic rings. The van der Waals surface area contributed by atoms with Gasteiger partial charge in [0.2, 0.25) is 0 Å². The van der Waals surface area contributed by atoms with Crippen LogP contribution in [0, 0.1) is 0 Å². The fourth-order valence-corrected chi connectivity index (χ4v) is 1.07. The van der Waals surface area contributed by atoms with E-state index in [2.05, 4.69) is 10.0 Å². The number of Topliss-reactive ketones (excluding diaryl/α,β-unsaturated/α-hetero) is 1. The predicted octanol–water partition coefficient (Wildman–Crippen LogP) is -2.31. The fourth-order valence-electron chi connectivity index (χ4n) is 1.07. The molecule has 0 radical (unpaired) electrons. The summed E-state index contributed by atoms with van der Waals surface area (Å²) in [6, 6.07) is 0. The van der Waals surface area contributed by atoms with E-state index in [4.69, 9.17) is 15.7 Å². The maximum Gasteiger partial charge on any atom is 0.164 e. The largest absolute Gasteiger partial charge is 0.394 e. The SMILES string of the molecule is [N-]=[N+]=NCCC(=O)C(O)C(O)C(O)C(O)CO. The lowest BCUT2D eigenvalue weighted by Crippen LogP contribution is -2.48. The summed E-state index contributed by atoms with van der Waals surface area (Å²) in [5, 5.41) is 48.4. The van der Waals surface area contributed by atoms with Gasteiger partial charge in [0.05, 0.1) is 6.61 Å². The van der Waals surface area contributed by atoms with Crippen molar-refractivity contribution in [1.82, 2.24) is 0 Å². The summed E-state index contributed by atoms with van der Waals surface area (Å²) in [5.41, 5.74) is 7.95. The molecule has 0 aliphatic heterocycles. The van der Waals surface area contributed by atoms with E-state index in [0.29, 0.717) is 0 Å². The highest BCUT2D eigenvalue weighted by molar-refractivity contribution is 5.83. The number of ketones is 1. The molecule has 0 aromatic heterocycles. The van der Waals surface area contributed by atoms with Crippen molar-refractivity contribution in [2.24, 2.45) is 5.11 Å². The summed E-state index contributed by atoms with van der Waals surface area (Å²) >= 11 is 0. The summed E-state index contributed by atoms with van der Waals surface area (Å²) < 4.78 is 0. The Kier molecular flexibility index (Phi) is 7.39. The van der Waals surface area contributed by atoms with Crippen LogP contribution < -0.4 is 0 Å². The van der Waals surface area contributed by atoms with E-state index in [1.165, 1.54) is 0 Å². The Morgan fingerprint density at radius 3 is 2.29 bits per heavy atom. The minimum atomic E-state index is -1.92. The Hall–Kier alpha value is -1.22. The molecule has 9 heteroatoms. The predicted molar refractivity (Wildman–Crippen MR) is 54.8 cm³/mol. The molecule has 98 valence electrons. The second kappa shape index (κ2) is 7.96. The molecule has 9 nitrogen and oxygen atoms in total. The maximum atomic E-state index is 11.2. The third-order valence-electron chi connectivity index (χ3n) is 2.11. The molecule has 0 saturated carbocycles. The minimum Gasteiger partial charge on any atom is -0.394 e. The lowest BCUT2D eigenvalue weighted by atomic mass is 9.99. The monoisotopic (exact) mass is 249 g/mol. The first-order chi connectivity index (χ1) is 7.95. The first kappa shape index (κ1) is 15.8. The van der Waals surface area contributed by atoms with Crippen LogP contribution in [-0.2, 0) is 4.79 Å². The summed E-state index contributed by atoms with van der Waals surface area (Å²) in [6.07, 6.45) is -7.65. The van der Waals surface area contributed by atoms with Gasteiger partial charge in [-0.3, -0.25) is 4.79 Å². The average molecular weight is 249 g/mol. The zero-order chi connectivity index (χ0) is 13.4. The van der Waals surface area contributed by atoms with Crippen molar-refractivity contribution in [1.29, 1.82) is 0 Å². The van der Waals surface area contributed by atoms with E-state index in [1.807, 2.05) is 0 Å². The molecule has 0 aromatic carbocycles. The van der Waals surface area contributed by atoms with Gasteiger partial charge >= 0.3 is 0 Å². The first-order valence-corrected chi connectivity index (χ1v) is 4.82. The molecule has 0 rings (SSSR count). The first-order valence-electron chi connectivity index (χ1n) is 4.82. The van der Waals surface area contributed by atoms with Crippen molar-refractivity contribution in [3.8, 4) is 0 Å². The lowest BCUT2D eigenvalue weighted by Gasteiger charge is -2.24. The molecule has 0 bridgehead atoms. The molecular weight excluding hydrogens is 234 g/mol. The number of nitrogens with zero attached hydrogens (tertiary/aromatic N) is 3. The molecule has 0 aliphatic carbocycles. The van der Waals surface area contributed by atoms with Crippen molar-refractivity contribution in [2.45, 2.75) is 30.8 Å². The van der Waals surface area contributed by atoms with Crippen LogP contribution in [0.25, 0.3) is 10.4 Å². The Bertz CT molecular complexity index is 293. The summed E-state index contributed by atoms with van der Waals surface area (Å²) in [6.45, 7) is -1.00. The molecule has 0 fully saturated rings. The number of hydrogen-bond acceptors (Lipinski definition) is 7. The van der Waals surface area contributed by atoms with Gasteiger partial charge in [0, 0.05) is 17.9 Å². The molecule has 0 heterocycles. The normalized spacial score (nSPS) is 17.7. The number of carbonyl (C=O) groups excluding carboxylic acids is 1. The van der Waals surface area contributed by atoms with E-state index in [0.717, 1.165) is 0 Å². The van der Waals surface area contributed by atoms with Crippen LogP contribution in [0.5, 0.6) is 0 Å². The van der Waals surface area contributed by atoms with Crippen LogP contribution in [0.4, 0.5) is 0 Å². The van der Waals surface area contributed by atoms with E-state index in [-0.39, 0.29) is 13.0 Å². The quantitative estimate of drug-likeness (QED) is 0.184. The molecule has 4 unspecified atom stereocenters. The topological polar surface area (TPSA) is 167 Å². The van der Waals surface area contributed by atoms with Gasteiger partial charge in [-0.2, -0.15) is 0 Å². The average Bonchev–Trinajstić information content (AvgIpc) is 2.35. The summed E-state index contributed by atoms with van der Waals surface area (Å²) in [5.74, 6) is -0.839. The van der Waals surface area contributed by atoms with Crippen molar-refractivity contribution >= 4 is 5.78 Å². The van der Waals surface area contributed by atoms with Gasteiger partial charge in [-0.25, -0.2) is 0 Å². The summed E-state index contributed by atoms with van der Waals surface area (Å²) in [7, 11) is 0. The highest BCUT2D eigenvalue weighted by Gasteiger charge is 2.33. The zero-order valence-electron chi connectivity index (χ0n) is 8.92. The van der Waals surface area contributed by atoms with Gasteiger partial charge < -0.3 is 25.5 Å². The van der Waals surface area contributed by atoms with Crippen LogP contribution in [0.15, 0.2) is 5.11 Å². The lowest BCUT2D eigenvalue weighted by molar-refractivity contribution is -0.146. The van der Waals surface area contributed by atoms with Crippen molar-refractivity contribution in [3.63, 3.8) is 0 Å². The third-order valence-corrected chi connectivity index (χ3v) is 2.11. The number of aliphatic hydroxyl groups is 5. The van der Waals surface area contributed by atoms with E-state index < -0.39 is 36.8 Å². The van der Waals surface area contributed by atoms with Gasteiger partial charge in [-0.15, -0.1) is 0 Å². The van der Waals surface area contributed by atoms with E-state index >= 15 is 0 Å². The fraction of sp³-hybridized carbons (Fsp3) is 0.875. The van der Waals surface area contributed by atoms with Crippen molar-refractivity contribution in [2.75, 3.05) is 13.2 Å². The molecule has 5 N–H and O–H groups in total. The van der Waals surface area contributed by atoms with Gasteiger partial charge in [0.25, 0.3) is 0 Å². The third kappa shape index (κ3) is 5.09. The van der Waals surface area contributed by atoms with E-state index in [9.17, 15) is 20.1 Å². The molecule has 0 saturated heterocycles. The summed E-state index contributed by atoms with van der Waals surface area (Å²) in [4.78, 5) is 13.6. The van der Waals surface area contributed by atoms with Crippen LogP contribution in [-0.4, -0.2) is 68.9 Å². The molecule has 17 heavy (non-hydrogen) atoms. The van der Waals surface area contributed by atoms with Gasteiger partial charge in [0.1, 0.15) is 24.4 Å². The second-order valence-corrected chi connectivity index (χ2v) is 3.35. The highest BCUT2D eigenvalue weighted by Crippen LogP contribution is 2.07. The Balaban J connectivity index is 4.32. The zero-order valence-corrected chi connectivity index (χ0v) is 8.92. The number of carbonyl (C=O) groups is 1. The number of aliphatic hydroxyl groups excluding tert-OH is 5. The van der Waals surface area contributed by atoms with Gasteiger partial charge in [-0.05, 0) is 5.53 Å². The minimum absolute atomic E-state index is 0.183. The number of rotatable bonds is 8. The molecule has 4 atom stereocenters. The Morgan fingerprint density at radius 2 is 1.82 bits per heavy atom. The standard InChI is InChI=1S/C8H15N3O6/c9-11-10-2-1-4(13)6(15)8(17)7(16)5(14)3-12/h5-8,12,14-17H,1-3H2. The molecule has 0 aliphatic rings. The molecule has 0 amide bonds. The van der Waals surface area contributed by atoms with Crippen LogP contribution in [0.2, 0.25) is 0 Å².